The Kier molecular flexibility index (Phi) is 7.57. The van der Waals surface area contributed by atoms with Crippen molar-refractivity contribution in [1.82, 2.24) is 10.2 Å². The Bertz CT molecular complexity index is 388. The van der Waals surface area contributed by atoms with E-state index in [9.17, 15) is 0 Å². The number of piperidine rings is 1. The largest absolute Gasteiger partial charge is 0.317 e. The van der Waals surface area contributed by atoms with Gasteiger partial charge in [-0.05, 0) is 70.3 Å². The summed E-state index contributed by atoms with van der Waals surface area (Å²) in [7, 11) is 2.28. The molecule has 20 heavy (non-hydrogen) atoms. The van der Waals surface area contributed by atoms with Crippen LogP contribution in [0.5, 0.6) is 0 Å². The van der Waals surface area contributed by atoms with E-state index in [1.165, 1.54) is 43.6 Å². The second-order valence-electron chi connectivity index (χ2n) is 6.11. The Balaban J connectivity index is 0.00000200. The van der Waals surface area contributed by atoms with Crippen LogP contribution in [0.15, 0.2) is 24.3 Å². The first-order valence-corrected chi connectivity index (χ1v) is 7.62. The van der Waals surface area contributed by atoms with E-state index in [4.69, 9.17) is 0 Å². The highest BCUT2D eigenvalue weighted by atomic mass is 35.5. The molecule has 1 heterocycles. The summed E-state index contributed by atoms with van der Waals surface area (Å²) in [4.78, 5) is 2.54. The van der Waals surface area contributed by atoms with Gasteiger partial charge in [0.2, 0.25) is 0 Å². The first kappa shape index (κ1) is 17.5. The highest BCUT2D eigenvalue weighted by Crippen LogP contribution is 2.17. The molecule has 2 nitrogen and oxygen atoms in total. The fourth-order valence-electron chi connectivity index (χ4n) is 2.96. The van der Waals surface area contributed by atoms with Gasteiger partial charge in [-0.3, -0.25) is 0 Å². The summed E-state index contributed by atoms with van der Waals surface area (Å²) in [5.74, 6) is 0.880. The van der Waals surface area contributed by atoms with Crippen LogP contribution in [0.4, 0.5) is 0 Å². The standard InChI is InChI=1S/C17H28N2.ClH/c1-14-6-4-5-7-17(14)12-15(2)19(3)13-16-8-10-18-11-9-16;/h4-7,15-16,18H,8-13H2,1-3H3;1H. The zero-order valence-electron chi connectivity index (χ0n) is 13.1. The Morgan fingerprint density at radius 3 is 2.55 bits per heavy atom. The number of hydrogen-bond donors (Lipinski definition) is 1. The minimum absolute atomic E-state index is 0. The lowest BCUT2D eigenvalue weighted by Gasteiger charge is -2.31. The Hall–Kier alpha value is -0.570. The maximum absolute atomic E-state index is 3.45. The van der Waals surface area contributed by atoms with Gasteiger partial charge >= 0.3 is 0 Å². The van der Waals surface area contributed by atoms with Gasteiger partial charge < -0.3 is 10.2 Å². The van der Waals surface area contributed by atoms with E-state index in [1.54, 1.807) is 0 Å². The van der Waals surface area contributed by atoms with Crippen LogP contribution in [0.25, 0.3) is 0 Å². The molecule has 3 heteroatoms. The molecule has 1 aliphatic rings. The van der Waals surface area contributed by atoms with Gasteiger partial charge in [-0.25, -0.2) is 0 Å². The van der Waals surface area contributed by atoms with E-state index in [0.29, 0.717) is 6.04 Å². The molecule has 0 spiro atoms. The summed E-state index contributed by atoms with van der Waals surface area (Å²) < 4.78 is 0. The van der Waals surface area contributed by atoms with Gasteiger partial charge in [0.25, 0.3) is 0 Å². The maximum Gasteiger partial charge on any atom is 0.0104 e. The highest BCUT2D eigenvalue weighted by molar-refractivity contribution is 5.85. The molecule has 0 saturated carbocycles. The second-order valence-corrected chi connectivity index (χ2v) is 6.11. The molecule has 1 aromatic rings. The lowest BCUT2D eigenvalue weighted by atomic mass is 9.96. The second kappa shape index (κ2) is 8.66. The lowest BCUT2D eigenvalue weighted by Crippen LogP contribution is -2.39. The number of likely N-dealkylation sites (N-methyl/N-ethyl adjacent to an activating group) is 1. The van der Waals surface area contributed by atoms with E-state index in [-0.39, 0.29) is 12.4 Å². The van der Waals surface area contributed by atoms with Crippen molar-refractivity contribution in [3.63, 3.8) is 0 Å². The summed E-state index contributed by atoms with van der Waals surface area (Å²) >= 11 is 0. The number of rotatable bonds is 5. The van der Waals surface area contributed by atoms with Crippen LogP contribution in [0, 0.1) is 12.8 Å². The number of aryl methyl sites for hydroxylation is 1. The molecule has 2 rings (SSSR count). The van der Waals surface area contributed by atoms with E-state index in [2.05, 4.69) is 55.4 Å². The van der Waals surface area contributed by atoms with E-state index in [1.807, 2.05) is 0 Å². The molecule has 1 N–H and O–H groups in total. The molecule has 1 aliphatic heterocycles. The summed E-state index contributed by atoms with van der Waals surface area (Å²) in [6, 6.07) is 9.39. The molecule has 0 amide bonds. The fourth-order valence-corrected chi connectivity index (χ4v) is 2.96. The van der Waals surface area contributed by atoms with Crippen molar-refractivity contribution >= 4 is 12.4 Å². The van der Waals surface area contributed by atoms with Crippen molar-refractivity contribution in [2.45, 2.75) is 39.2 Å². The molecule has 0 radical (unpaired) electrons. The quantitative estimate of drug-likeness (QED) is 0.897. The minimum atomic E-state index is 0. The summed E-state index contributed by atoms with van der Waals surface area (Å²) in [5.41, 5.74) is 2.91. The van der Waals surface area contributed by atoms with Gasteiger partial charge in [-0.2, -0.15) is 0 Å². The fraction of sp³-hybridized carbons (Fsp3) is 0.647. The first-order chi connectivity index (χ1) is 9.16. The average Bonchev–Trinajstić information content (AvgIpc) is 2.42. The van der Waals surface area contributed by atoms with Crippen LogP contribution < -0.4 is 5.32 Å². The molecule has 0 aliphatic carbocycles. The van der Waals surface area contributed by atoms with Crippen molar-refractivity contribution in [2.75, 3.05) is 26.7 Å². The van der Waals surface area contributed by atoms with Crippen LogP contribution >= 0.6 is 12.4 Å². The zero-order chi connectivity index (χ0) is 13.7. The lowest BCUT2D eigenvalue weighted by molar-refractivity contribution is 0.194. The normalized spacial score (nSPS) is 17.8. The highest BCUT2D eigenvalue weighted by Gasteiger charge is 2.18. The van der Waals surface area contributed by atoms with Gasteiger partial charge in [0.15, 0.2) is 0 Å². The molecule has 0 bridgehead atoms. The van der Waals surface area contributed by atoms with Crippen LogP contribution in [-0.2, 0) is 6.42 Å². The summed E-state index contributed by atoms with van der Waals surface area (Å²) in [6.45, 7) is 8.21. The Morgan fingerprint density at radius 1 is 1.25 bits per heavy atom. The average molecular weight is 297 g/mol. The van der Waals surface area contributed by atoms with Crippen LogP contribution in [-0.4, -0.2) is 37.6 Å². The van der Waals surface area contributed by atoms with Crippen molar-refractivity contribution in [2.24, 2.45) is 5.92 Å². The smallest absolute Gasteiger partial charge is 0.0104 e. The van der Waals surface area contributed by atoms with E-state index in [0.717, 1.165) is 12.3 Å². The van der Waals surface area contributed by atoms with E-state index < -0.39 is 0 Å². The van der Waals surface area contributed by atoms with Gasteiger partial charge in [-0.1, -0.05) is 24.3 Å². The third-order valence-corrected chi connectivity index (χ3v) is 4.53. The summed E-state index contributed by atoms with van der Waals surface area (Å²) in [6.07, 6.45) is 3.83. The number of nitrogens with zero attached hydrogens (tertiary/aromatic N) is 1. The molecule has 1 saturated heterocycles. The van der Waals surface area contributed by atoms with Crippen LogP contribution in [0.3, 0.4) is 0 Å². The van der Waals surface area contributed by atoms with Crippen molar-refractivity contribution in [3.05, 3.63) is 35.4 Å². The SMILES string of the molecule is Cc1ccccc1CC(C)N(C)CC1CCNCC1.Cl. The molecule has 1 atom stereocenters. The van der Waals surface area contributed by atoms with Crippen LogP contribution in [0.1, 0.15) is 30.9 Å². The maximum atomic E-state index is 3.45. The molecule has 114 valence electrons. The molecule has 1 fully saturated rings. The van der Waals surface area contributed by atoms with Crippen LogP contribution in [0.2, 0.25) is 0 Å². The first-order valence-electron chi connectivity index (χ1n) is 7.62. The van der Waals surface area contributed by atoms with E-state index >= 15 is 0 Å². The van der Waals surface area contributed by atoms with Gasteiger partial charge in [0.1, 0.15) is 0 Å². The molecule has 1 unspecified atom stereocenters. The summed E-state index contributed by atoms with van der Waals surface area (Å²) in [5, 5.41) is 3.45. The Labute approximate surface area is 130 Å². The monoisotopic (exact) mass is 296 g/mol. The predicted octanol–water partition coefficient (Wildman–Crippen LogP) is 3.28. The third kappa shape index (κ3) is 5.08. The molecule has 0 aromatic heterocycles. The van der Waals surface area contributed by atoms with Crippen molar-refractivity contribution in [3.8, 4) is 0 Å². The van der Waals surface area contributed by atoms with Crippen molar-refractivity contribution in [1.29, 1.82) is 0 Å². The molecule has 1 aromatic carbocycles. The number of nitrogens with one attached hydrogen (secondary N) is 1. The third-order valence-electron chi connectivity index (χ3n) is 4.53. The van der Waals surface area contributed by atoms with Gasteiger partial charge in [0, 0.05) is 12.6 Å². The predicted molar refractivity (Wildman–Crippen MR) is 89.8 cm³/mol. The Morgan fingerprint density at radius 2 is 1.90 bits per heavy atom. The molecular formula is C17H29ClN2. The zero-order valence-corrected chi connectivity index (χ0v) is 13.9. The van der Waals surface area contributed by atoms with Crippen molar-refractivity contribution < 1.29 is 0 Å². The number of hydrogen-bond acceptors (Lipinski definition) is 2. The van der Waals surface area contributed by atoms with Gasteiger partial charge in [-0.15, -0.1) is 12.4 Å². The molecular weight excluding hydrogens is 268 g/mol. The topological polar surface area (TPSA) is 15.3 Å². The van der Waals surface area contributed by atoms with Gasteiger partial charge in [0.05, 0.1) is 0 Å². The minimum Gasteiger partial charge on any atom is -0.317 e. The number of benzene rings is 1. The number of halogens is 1.